The molecule has 0 bridgehead atoms. The van der Waals surface area contributed by atoms with E-state index in [2.05, 4.69) is 20.9 Å². The van der Waals surface area contributed by atoms with Crippen molar-refractivity contribution >= 4 is 27.5 Å². The highest BCUT2D eigenvalue weighted by Crippen LogP contribution is 2.25. The van der Waals surface area contributed by atoms with E-state index in [4.69, 9.17) is 5.73 Å². The lowest BCUT2D eigenvalue weighted by Crippen LogP contribution is -2.27. The van der Waals surface area contributed by atoms with Gasteiger partial charge in [-0.2, -0.15) is 0 Å². The zero-order chi connectivity index (χ0) is 13.8. The van der Waals surface area contributed by atoms with Crippen molar-refractivity contribution in [2.24, 2.45) is 5.73 Å². The van der Waals surface area contributed by atoms with Crippen LogP contribution >= 0.6 is 15.9 Å². The van der Waals surface area contributed by atoms with Crippen LogP contribution in [-0.4, -0.2) is 17.9 Å². The van der Waals surface area contributed by atoms with E-state index < -0.39 is 0 Å². The highest BCUT2D eigenvalue weighted by molar-refractivity contribution is 9.10. The number of nitrogens with two attached hydrogens (primary N) is 1. The highest BCUT2D eigenvalue weighted by Gasteiger charge is 2.16. The minimum absolute atomic E-state index is 0.165. The molecule has 4 nitrogen and oxygen atoms in total. The molecule has 0 spiro atoms. The van der Waals surface area contributed by atoms with Gasteiger partial charge in [0.2, 0.25) is 0 Å². The number of hydrogen-bond acceptors (Lipinski definition) is 3. The topological polar surface area (TPSA) is 59.2 Å². The molecule has 5 heteroatoms. The van der Waals surface area contributed by atoms with E-state index in [-0.39, 0.29) is 5.91 Å². The molecule has 0 atom stereocenters. The second kappa shape index (κ2) is 5.95. The van der Waals surface area contributed by atoms with Crippen LogP contribution in [0.3, 0.4) is 0 Å². The Labute approximate surface area is 120 Å². The van der Waals surface area contributed by atoms with Crippen LogP contribution in [0, 0.1) is 0 Å². The SMILES string of the molecule is CN(C(=O)c1cc(CN)ccn1)c1ccccc1Br. The number of rotatable bonds is 3. The van der Waals surface area contributed by atoms with Crippen molar-refractivity contribution in [3.63, 3.8) is 0 Å². The summed E-state index contributed by atoms with van der Waals surface area (Å²) in [4.78, 5) is 18.0. The number of benzene rings is 1. The van der Waals surface area contributed by atoms with Crippen LogP contribution in [0.1, 0.15) is 16.1 Å². The predicted octanol–water partition coefficient (Wildman–Crippen LogP) is 2.58. The van der Waals surface area contributed by atoms with Crippen LogP contribution < -0.4 is 10.6 Å². The van der Waals surface area contributed by atoms with E-state index in [1.807, 2.05) is 24.3 Å². The molecule has 1 heterocycles. The summed E-state index contributed by atoms with van der Waals surface area (Å²) in [5.41, 5.74) is 7.65. The summed E-state index contributed by atoms with van der Waals surface area (Å²) < 4.78 is 0.862. The van der Waals surface area contributed by atoms with Gasteiger partial charge in [0.15, 0.2) is 0 Å². The quantitative estimate of drug-likeness (QED) is 0.945. The summed E-state index contributed by atoms with van der Waals surface area (Å²) in [7, 11) is 1.72. The third-order valence-corrected chi connectivity index (χ3v) is 3.47. The first-order valence-electron chi connectivity index (χ1n) is 5.81. The molecule has 98 valence electrons. The number of amides is 1. The molecule has 0 saturated heterocycles. The van der Waals surface area contributed by atoms with Crippen molar-refractivity contribution in [1.29, 1.82) is 0 Å². The molecule has 0 aliphatic rings. The van der Waals surface area contributed by atoms with Crippen LogP contribution in [0.5, 0.6) is 0 Å². The maximum absolute atomic E-state index is 12.4. The van der Waals surface area contributed by atoms with Gasteiger partial charge in [0.25, 0.3) is 5.91 Å². The standard InChI is InChI=1S/C14H14BrN3O/c1-18(13-5-3-2-4-11(13)15)14(19)12-8-10(9-16)6-7-17-12/h2-8H,9,16H2,1H3. The molecule has 0 saturated carbocycles. The van der Waals surface area contributed by atoms with E-state index in [9.17, 15) is 4.79 Å². The molecule has 0 aliphatic carbocycles. The molecular weight excluding hydrogens is 306 g/mol. The van der Waals surface area contributed by atoms with Gasteiger partial charge in [-0.25, -0.2) is 0 Å². The number of nitrogens with zero attached hydrogens (tertiary/aromatic N) is 2. The average Bonchev–Trinajstić information content (AvgIpc) is 2.46. The van der Waals surface area contributed by atoms with Gasteiger partial charge in [0.1, 0.15) is 5.69 Å². The first kappa shape index (κ1) is 13.7. The number of carbonyl (C=O) groups excluding carboxylic acids is 1. The normalized spacial score (nSPS) is 10.3. The van der Waals surface area contributed by atoms with Crippen LogP contribution in [0.25, 0.3) is 0 Å². The lowest BCUT2D eigenvalue weighted by atomic mass is 10.2. The van der Waals surface area contributed by atoms with Gasteiger partial charge >= 0.3 is 0 Å². The fourth-order valence-corrected chi connectivity index (χ4v) is 2.27. The van der Waals surface area contributed by atoms with Gasteiger partial charge in [-0.1, -0.05) is 12.1 Å². The molecule has 0 unspecified atom stereocenters. The van der Waals surface area contributed by atoms with Crippen molar-refractivity contribution in [3.05, 3.63) is 58.3 Å². The summed E-state index contributed by atoms with van der Waals surface area (Å²) in [6.07, 6.45) is 1.60. The van der Waals surface area contributed by atoms with Gasteiger partial charge in [-0.3, -0.25) is 9.78 Å². The van der Waals surface area contributed by atoms with Gasteiger partial charge in [0, 0.05) is 24.3 Å². The van der Waals surface area contributed by atoms with Crippen molar-refractivity contribution in [1.82, 2.24) is 4.98 Å². The molecule has 2 N–H and O–H groups in total. The molecule has 1 aromatic carbocycles. The van der Waals surface area contributed by atoms with Crippen molar-refractivity contribution < 1.29 is 4.79 Å². The first-order chi connectivity index (χ1) is 9.13. The van der Waals surface area contributed by atoms with Gasteiger partial charge in [-0.05, 0) is 45.8 Å². The average molecular weight is 320 g/mol. The molecule has 2 rings (SSSR count). The van der Waals surface area contributed by atoms with Gasteiger partial charge in [-0.15, -0.1) is 0 Å². The molecule has 1 aromatic heterocycles. The Morgan fingerprint density at radius 3 is 2.79 bits per heavy atom. The zero-order valence-electron chi connectivity index (χ0n) is 10.5. The molecule has 1 amide bonds. The van der Waals surface area contributed by atoms with E-state index in [0.717, 1.165) is 15.7 Å². The second-order valence-electron chi connectivity index (χ2n) is 4.07. The monoisotopic (exact) mass is 319 g/mol. The van der Waals surface area contributed by atoms with Crippen LogP contribution in [-0.2, 0) is 6.54 Å². The summed E-state index contributed by atoms with van der Waals surface area (Å²) in [6.45, 7) is 0.390. The first-order valence-corrected chi connectivity index (χ1v) is 6.60. The van der Waals surface area contributed by atoms with Crippen LogP contribution in [0.4, 0.5) is 5.69 Å². The Kier molecular flexibility index (Phi) is 4.29. The highest BCUT2D eigenvalue weighted by atomic mass is 79.9. The largest absolute Gasteiger partial charge is 0.326 e. The maximum atomic E-state index is 12.4. The molecule has 0 aliphatic heterocycles. The molecule has 0 fully saturated rings. The van der Waals surface area contributed by atoms with E-state index in [0.29, 0.717) is 12.2 Å². The fraction of sp³-hybridized carbons (Fsp3) is 0.143. The number of carbonyl (C=O) groups is 1. The van der Waals surface area contributed by atoms with Gasteiger partial charge < -0.3 is 10.6 Å². The summed E-state index contributed by atoms with van der Waals surface area (Å²) in [5, 5.41) is 0. The summed E-state index contributed by atoms with van der Waals surface area (Å²) >= 11 is 3.43. The lowest BCUT2D eigenvalue weighted by molar-refractivity contribution is 0.0988. The number of hydrogen-bond donors (Lipinski definition) is 1. The molecular formula is C14H14BrN3O. The summed E-state index contributed by atoms with van der Waals surface area (Å²) in [6, 6.07) is 11.1. The fourth-order valence-electron chi connectivity index (χ4n) is 1.72. The number of para-hydroxylation sites is 1. The van der Waals surface area contributed by atoms with Crippen LogP contribution in [0.2, 0.25) is 0 Å². The van der Waals surface area contributed by atoms with E-state index >= 15 is 0 Å². The van der Waals surface area contributed by atoms with Crippen LogP contribution in [0.15, 0.2) is 47.1 Å². The predicted molar refractivity (Wildman–Crippen MR) is 79.0 cm³/mol. The Bertz CT molecular complexity index is 601. The molecule has 0 radical (unpaired) electrons. The lowest BCUT2D eigenvalue weighted by Gasteiger charge is -2.18. The van der Waals surface area contributed by atoms with Crippen molar-refractivity contribution in [3.8, 4) is 0 Å². The van der Waals surface area contributed by atoms with Gasteiger partial charge in [0.05, 0.1) is 5.69 Å². The molecule has 2 aromatic rings. The molecule has 19 heavy (non-hydrogen) atoms. The second-order valence-corrected chi connectivity index (χ2v) is 4.92. The number of aromatic nitrogens is 1. The third-order valence-electron chi connectivity index (χ3n) is 2.80. The Hall–Kier alpha value is -1.72. The zero-order valence-corrected chi connectivity index (χ0v) is 12.1. The maximum Gasteiger partial charge on any atom is 0.276 e. The smallest absolute Gasteiger partial charge is 0.276 e. The third kappa shape index (κ3) is 3.00. The van der Waals surface area contributed by atoms with Crippen molar-refractivity contribution in [2.45, 2.75) is 6.54 Å². The number of anilines is 1. The Balaban J connectivity index is 2.31. The minimum Gasteiger partial charge on any atom is -0.326 e. The number of pyridine rings is 1. The van der Waals surface area contributed by atoms with Crippen molar-refractivity contribution in [2.75, 3.05) is 11.9 Å². The number of halogens is 1. The Morgan fingerprint density at radius 1 is 1.37 bits per heavy atom. The Morgan fingerprint density at radius 2 is 2.11 bits per heavy atom. The van der Waals surface area contributed by atoms with E-state index in [1.54, 1.807) is 30.3 Å². The minimum atomic E-state index is -0.165. The van der Waals surface area contributed by atoms with E-state index in [1.165, 1.54) is 0 Å². The summed E-state index contributed by atoms with van der Waals surface area (Å²) in [5.74, 6) is -0.165.